The standard InChI is InChI=1S/C10H11N3O/c1-8(14)9-2-3-12-10(6-9)13-5-4-11-7-13/h2-8,14H,1H3/t8-/m0/s1. The second-order valence-electron chi connectivity index (χ2n) is 3.09. The number of aromatic nitrogens is 3. The molecule has 72 valence electrons. The Bertz CT molecular complexity index is 409. The molecule has 0 unspecified atom stereocenters. The second-order valence-corrected chi connectivity index (χ2v) is 3.09. The summed E-state index contributed by atoms with van der Waals surface area (Å²) in [4.78, 5) is 8.11. The van der Waals surface area contributed by atoms with E-state index in [0.29, 0.717) is 0 Å². The smallest absolute Gasteiger partial charge is 0.138 e. The molecule has 4 heteroatoms. The zero-order valence-corrected chi connectivity index (χ0v) is 7.83. The van der Waals surface area contributed by atoms with Crippen LogP contribution in [0.3, 0.4) is 0 Å². The fourth-order valence-corrected chi connectivity index (χ4v) is 1.23. The highest BCUT2D eigenvalue weighted by molar-refractivity contribution is 5.28. The Hall–Kier alpha value is -1.68. The van der Waals surface area contributed by atoms with E-state index >= 15 is 0 Å². The Morgan fingerprint density at radius 2 is 2.29 bits per heavy atom. The highest BCUT2D eigenvalue weighted by atomic mass is 16.3. The molecule has 2 aromatic rings. The van der Waals surface area contributed by atoms with Crippen molar-refractivity contribution in [2.45, 2.75) is 13.0 Å². The molecule has 0 saturated heterocycles. The lowest BCUT2D eigenvalue weighted by Crippen LogP contribution is -1.98. The molecule has 1 atom stereocenters. The normalized spacial score (nSPS) is 12.7. The molecular weight excluding hydrogens is 178 g/mol. The van der Waals surface area contributed by atoms with E-state index < -0.39 is 6.10 Å². The van der Waals surface area contributed by atoms with Gasteiger partial charge in [0.05, 0.1) is 6.10 Å². The van der Waals surface area contributed by atoms with Crippen LogP contribution in [0.5, 0.6) is 0 Å². The largest absolute Gasteiger partial charge is 0.389 e. The number of rotatable bonds is 2. The van der Waals surface area contributed by atoms with Crippen molar-refractivity contribution in [3.8, 4) is 5.82 Å². The number of imidazole rings is 1. The molecule has 0 amide bonds. The van der Waals surface area contributed by atoms with Gasteiger partial charge in [-0.2, -0.15) is 0 Å². The molecular formula is C10H11N3O. The first-order valence-corrected chi connectivity index (χ1v) is 4.40. The maximum Gasteiger partial charge on any atom is 0.138 e. The van der Waals surface area contributed by atoms with Crippen molar-refractivity contribution in [1.29, 1.82) is 0 Å². The van der Waals surface area contributed by atoms with E-state index in [1.807, 2.05) is 12.3 Å². The van der Waals surface area contributed by atoms with Gasteiger partial charge >= 0.3 is 0 Å². The van der Waals surface area contributed by atoms with E-state index in [1.165, 1.54) is 0 Å². The lowest BCUT2D eigenvalue weighted by Gasteiger charge is -2.06. The molecule has 0 aliphatic carbocycles. The van der Waals surface area contributed by atoms with Gasteiger partial charge in [0.15, 0.2) is 0 Å². The number of aliphatic hydroxyl groups is 1. The average molecular weight is 189 g/mol. The Morgan fingerprint density at radius 1 is 1.43 bits per heavy atom. The summed E-state index contributed by atoms with van der Waals surface area (Å²) in [6.07, 6.45) is 6.39. The predicted molar refractivity (Wildman–Crippen MR) is 52.0 cm³/mol. The molecule has 0 aliphatic heterocycles. The van der Waals surface area contributed by atoms with Gasteiger partial charge in [0.1, 0.15) is 12.1 Å². The van der Waals surface area contributed by atoms with E-state index in [-0.39, 0.29) is 0 Å². The Labute approximate surface area is 81.9 Å². The molecule has 2 rings (SSSR count). The maximum atomic E-state index is 9.39. The van der Waals surface area contributed by atoms with Crippen molar-refractivity contribution in [2.75, 3.05) is 0 Å². The zero-order chi connectivity index (χ0) is 9.97. The van der Waals surface area contributed by atoms with E-state index in [2.05, 4.69) is 9.97 Å². The maximum absolute atomic E-state index is 9.39. The van der Waals surface area contributed by atoms with Crippen LogP contribution in [0.4, 0.5) is 0 Å². The summed E-state index contributed by atoms with van der Waals surface area (Å²) in [6.45, 7) is 1.73. The minimum Gasteiger partial charge on any atom is -0.389 e. The molecule has 2 aromatic heterocycles. The molecule has 1 N–H and O–H groups in total. The van der Waals surface area contributed by atoms with E-state index in [4.69, 9.17) is 0 Å². The molecule has 0 radical (unpaired) electrons. The average Bonchev–Trinajstić information content (AvgIpc) is 2.71. The van der Waals surface area contributed by atoms with Crippen molar-refractivity contribution in [3.63, 3.8) is 0 Å². The highest BCUT2D eigenvalue weighted by Crippen LogP contribution is 2.13. The third-order valence-corrected chi connectivity index (χ3v) is 2.02. The number of aliphatic hydroxyl groups excluding tert-OH is 1. The van der Waals surface area contributed by atoms with Crippen LogP contribution in [0.25, 0.3) is 5.82 Å². The van der Waals surface area contributed by atoms with Crippen LogP contribution in [0, 0.1) is 0 Å². The fourth-order valence-electron chi connectivity index (χ4n) is 1.23. The Kier molecular flexibility index (Phi) is 2.28. The van der Waals surface area contributed by atoms with Crippen LogP contribution in [-0.2, 0) is 0 Å². The number of hydrogen-bond donors (Lipinski definition) is 1. The number of pyridine rings is 1. The molecule has 0 spiro atoms. The molecule has 0 bridgehead atoms. The van der Waals surface area contributed by atoms with Crippen LogP contribution in [0.1, 0.15) is 18.6 Å². The zero-order valence-electron chi connectivity index (χ0n) is 7.83. The number of nitrogens with zero attached hydrogens (tertiary/aromatic N) is 3. The van der Waals surface area contributed by atoms with E-state index in [9.17, 15) is 5.11 Å². The lowest BCUT2D eigenvalue weighted by molar-refractivity contribution is 0.199. The lowest BCUT2D eigenvalue weighted by atomic mass is 10.2. The van der Waals surface area contributed by atoms with Crippen LogP contribution < -0.4 is 0 Å². The fraction of sp³-hybridized carbons (Fsp3) is 0.200. The van der Waals surface area contributed by atoms with Gasteiger partial charge in [-0.1, -0.05) is 0 Å². The number of hydrogen-bond acceptors (Lipinski definition) is 3. The van der Waals surface area contributed by atoms with E-state index in [0.717, 1.165) is 11.4 Å². The van der Waals surface area contributed by atoms with Gasteiger partial charge in [-0.25, -0.2) is 9.97 Å². The molecule has 0 saturated carbocycles. The topological polar surface area (TPSA) is 50.9 Å². The molecule has 0 fully saturated rings. The van der Waals surface area contributed by atoms with E-state index in [1.54, 1.807) is 36.3 Å². The quantitative estimate of drug-likeness (QED) is 0.775. The summed E-state index contributed by atoms with van der Waals surface area (Å²) >= 11 is 0. The predicted octanol–water partition coefficient (Wildman–Crippen LogP) is 1.32. The van der Waals surface area contributed by atoms with Gasteiger partial charge in [0, 0.05) is 18.6 Å². The molecule has 0 aliphatic rings. The summed E-state index contributed by atoms with van der Waals surface area (Å²) < 4.78 is 1.80. The first-order valence-electron chi connectivity index (χ1n) is 4.40. The van der Waals surface area contributed by atoms with Gasteiger partial charge in [0.25, 0.3) is 0 Å². The van der Waals surface area contributed by atoms with Crippen LogP contribution >= 0.6 is 0 Å². The Morgan fingerprint density at radius 3 is 2.93 bits per heavy atom. The summed E-state index contributed by atoms with van der Waals surface area (Å²) in [5.74, 6) is 0.765. The van der Waals surface area contributed by atoms with Crippen molar-refractivity contribution >= 4 is 0 Å². The van der Waals surface area contributed by atoms with Gasteiger partial charge in [0.2, 0.25) is 0 Å². The third kappa shape index (κ3) is 1.65. The molecule has 2 heterocycles. The first-order chi connectivity index (χ1) is 6.77. The first kappa shape index (κ1) is 8.90. The van der Waals surface area contributed by atoms with Gasteiger partial charge in [-0.05, 0) is 24.6 Å². The summed E-state index contributed by atoms with van der Waals surface area (Å²) in [7, 11) is 0. The van der Waals surface area contributed by atoms with Crippen LogP contribution in [0.15, 0.2) is 37.1 Å². The van der Waals surface area contributed by atoms with Crippen LogP contribution in [0.2, 0.25) is 0 Å². The third-order valence-electron chi connectivity index (χ3n) is 2.02. The second kappa shape index (κ2) is 3.59. The van der Waals surface area contributed by atoms with Crippen molar-refractivity contribution in [3.05, 3.63) is 42.6 Å². The molecule has 4 nitrogen and oxygen atoms in total. The summed E-state index contributed by atoms with van der Waals surface area (Å²) in [5, 5.41) is 9.39. The van der Waals surface area contributed by atoms with Crippen molar-refractivity contribution in [1.82, 2.24) is 14.5 Å². The van der Waals surface area contributed by atoms with Crippen LogP contribution in [-0.4, -0.2) is 19.6 Å². The minimum absolute atomic E-state index is 0.472. The minimum atomic E-state index is -0.472. The Balaban J connectivity index is 2.41. The monoisotopic (exact) mass is 189 g/mol. The van der Waals surface area contributed by atoms with Gasteiger partial charge in [-0.15, -0.1) is 0 Å². The van der Waals surface area contributed by atoms with Crippen molar-refractivity contribution in [2.24, 2.45) is 0 Å². The summed E-state index contributed by atoms with van der Waals surface area (Å²) in [5.41, 5.74) is 0.851. The molecule has 14 heavy (non-hydrogen) atoms. The van der Waals surface area contributed by atoms with Crippen molar-refractivity contribution < 1.29 is 5.11 Å². The molecule has 0 aromatic carbocycles. The van der Waals surface area contributed by atoms with Gasteiger partial charge in [-0.3, -0.25) is 4.57 Å². The summed E-state index contributed by atoms with van der Waals surface area (Å²) in [6, 6.07) is 3.64. The highest BCUT2D eigenvalue weighted by Gasteiger charge is 2.03. The SMILES string of the molecule is C[C@H](O)c1ccnc(-n2ccnc2)c1. The van der Waals surface area contributed by atoms with Gasteiger partial charge < -0.3 is 5.11 Å².